The Bertz CT molecular complexity index is 1680. The van der Waals surface area contributed by atoms with Gasteiger partial charge in [-0.3, -0.25) is 19.2 Å². The molecule has 2 heterocycles. The Morgan fingerprint density at radius 3 is 2.15 bits per heavy atom. The summed E-state index contributed by atoms with van der Waals surface area (Å²) in [6, 6.07) is 26.3. The molecule has 3 amide bonds. The standard InChI is InChI=1S/C37H42N6O5/c1-37(2,38)36(47)40-30(24-48-23-26-12-6-3-7-13-26)34(45)41-31-22-43(25-39-31)32(27-14-8-4-9-15-27)35(46)42-20-18-29(19-21-42)33(44)28-16-10-5-11-17-28/h3-17,22,25,29-30,32H,18-21,23-24,38H2,1-2H3,(H,40,47)(H,41,45). The Morgan fingerprint density at radius 1 is 0.917 bits per heavy atom. The number of likely N-dealkylation sites (tertiary alicyclic amines) is 1. The lowest BCUT2D eigenvalue weighted by atomic mass is 9.88. The molecule has 0 radical (unpaired) electrons. The van der Waals surface area contributed by atoms with E-state index in [0.717, 1.165) is 11.1 Å². The van der Waals surface area contributed by atoms with Crippen LogP contribution in [-0.2, 0) is 25.7 Å². The maximum Gasteiger partial charge on any atom is 0.250 e. The summed E-state index contributed by atoms with van der Waals surface area (Å²) in [6.07, 6.45) is 4.24. The summed E-state index contributed by atoms with van der Waals surface area (Å²) in [7, 11) is 0. The minimum absolute atomic E-state index is 0.100. The lowest BCUT2D eigenvalue weighted by molar-refractivity contribution is -0.134. The summed E-state index contributed by atoms with van der Waals surface area (Å²) in [5, 5.41) is 5.44. The van der Waals surface area contributed by atoms with Gasteiger partial charge in [0.2, 0.25) is 11.8 Å². The summed E-state index contributed by atoms with van der Waals surface area (Å²) in [5.74, 6) is -1.02. The van der Waals surface area contributed by atoms with Crippen LogP contribution < -0.4 is 16.4 Å². The topological polar surface area (TPSA) is 149 Å². The molecule has 1 aliphatic rings. The highest BCUT2D eigenvalue weighted by Gasteiger charge is 2.33. The highest BCUT2D eigenvalue weighted by molar-refractivity contribution is 5.98. The first-order valence-electron chi connectivity index (χ1n) is 16.1. The van der Waals surface area contributed by atoms with Crippen molar-refractivity contribution in [3.63, 3.8) is 0 Å². The highest BCUT2D eigenvalue weighted by Crippen LogP contribution is 2.27. The molecule has 1 aliphatic heterocycles. The molecule has 48 heavy (non-hydrogen) atoms. The SMILES string of the molecule is CC(C)(N)C(=O)NC(COCc1ccccc1)C(=O)Nc1cn(C(C(=O)N2CCC(C(=O)c3ccccc3)CC2)c2ccccc2)cn1. The van der Waals surface area contributed by atoms with Crippen LogP contribution in [-0.4, -0.2) is 69.2 Å². The van der Waals surface area contributed by atoms with Gasteiger partial charge in [0, 0.05) is 30.8 Å². The molecule has 11 nitrogen and oxygen atoms in total. The van der Waals surface area contributed by atoms with Crippen molar-refractivity contribution in [2.45, 2.75) is 50.9 Å². The van der Waals surface area contributed by atoms with Crippen LogP contribution in [0.1, 0.15) is 54.2 Å². The minimum atomic E-state index is -1.22. The third kappa shape index (κ3) is 8.81. The molecule has 0 saturated carbocycles. The molecule has 250 valence electrons. The predicted octanol–water partition coefficient (Wildman–Crippen LogP) is 3.97. The van der Waals surface area contributed by atoms with E-state index >= 15 is 0 Å². The number of carbonyl (C=O) groups excluding carboxylic acids is 4. The Balaban J connectivity index is 1.28. The zero-order valence-electron chi connectivity index (χ0n) is 27.2. The van der Waals surface area contributed by atoms with E-state index < -0.39 is 29.4 Å². The van der Waals surface area contributed by atoms with E-state index in [9.17, 15) is 19.2 Å². The molecule has 3 aromatic carbocycles. The van der Waals surface area contributed by atoms with Crippen LogP contribution in [0, 0.1) is 5.92 Å². The molecule has 5 rings (SSSR count). The number of piperidine rings is 1. The van der Waals surface area contributed by atoms with Gasteiger partial charge >= 0.3 is 0 Å². The Kier molecular flexibility index (Phi) is 11.1. The molecule has 4 N–H and O–H groups in total. The lowest BCUT2D eigenvalue weighted by Gasteiger charge is -2.34. The molecule has 1 fully saturated rings. The third-order valence-corrected chi connectivity index (χ3v) is 8.34. The average Bonchev–Trinajstić information content (AvgIpc) is 3.56. The zero-order valence-corrected chi connectivity index (χ0v) is 27.2. The molecule has 0 spiro atoms. The summed E-state index contributed by atoms with van der Waals surface area (Å²) < 4.78 is 7.45. The van der Waals surface area contributed by atoms with Crippen molar-refractivity contribution in [1.82, 2.24) is 19.8 Å². The number of anilines is 1. The Hall–Kier alpha value is -5.13. The summed E-state index contributed by atoms with van der Waals surface area (Å²) in [4.78, 5) is 59.4. The summed E-state index contributed by atoms with van der Waals surface area (Å²) >= 11 is 0. The molecule has 4 aromatic rings. The number of amides is 3. The number of rotatable bonds is 13. The maximum absolute atomic E-state index is 14.1. The number of nitrogens with two attached hydrogens (primary N) is 1. The number of benzene rings is 3. The number of carbonyl (C=O) groups is 4. The Labute approximate surface area is 280 Å². The van der Waals surface area contributed by atoms with Crippen LogP contribution in [0.2, 0.25) is 0 Å². The number of Topliss-reactive ketones (excluding diaryl/α,β-unsaturated/α-hetero) is 1. The number of imidazole rings is 1. The molecule has 1 saturated heterocycles. The summed E-state index contributed by atoms with van der Waals surface area (Å²) in [5.41, 5.74) is 7.13. The molecular weight excluding hydrogens is 608 g/mol. The van der Waals surface area contributed by atoms with E-state index in [1.807, 2.05) is 91.0 Å². The van der Waals surface area contributed by atoms with Crippen LogP contribution >= 0.6 is 0 Å². The smallest absolute Gasteiger partial charge is 0.250 e. The lowest BCUT2D eigenvalue weighted by Crippen LogP contribution is -2.56. The van der Waals surface area contributed by atoms with Gasteiger partial charge < -0.3 is 30.6 Å². The van der Waals surface area contributed by atoms with Gasteiger partial charge in [-0.05, 0) is 37.8 Å². The van der Waals surface area contributed by atoms with Gasteiger partial charge in [-0.1, -0.05) is 91.0 Å². The van der Waals surface area contributed by atoms with Gasteiger partial charge in [-0.25, -0.2) is 4.98 Å². The average molecular weight is 651 g/mol. The maximum atomic E-state index is 14.1. The molecule has 2 unspecified atom stereocenters. The van der Waals surface area contributed by atoms with Crippen LogP contribution in [0.4, 0.5) is 5.82 Å². The highest BCUT2D eigenvalue weighted by atomic mass is 16.5. The first-order valence-corrected chi connectivity index (χ1v) is 16.1. The number of ether oxygens (including phenoxy) is 1. The van der Waals surface area contributed by atoms with Crippen molar-refractivity contribution < 1.29 is 23.9 Å². The number of hydrogen-bond donors (Lipinski definition) is 3. The van der Waals surface area contributed by atoms with Gasteiger partial charge in [0.05, 0.1) is 25.1 Å². The van der Waals surface area contributed by atoms with E-state index in [1.165, 1.54) is 6.33 Å². The second kappa shape index (κ2) is 15.6. The number of hydrogen-bond acceptors (Lipinski definition) is 7. The fourth-order valence-electron chi connectivity index (χ4n) is 5.60. The molecule has 0 aliphatic carbocycles. The van der Waals surface area contributed by atoms with Gasteiger partial charge in [-0.15, -0.1) is 0 Å². The van der Waals surface area contributed by atoms with Crippen molar-refractivity contribution in [2.24, 2.45) is 11.7 Å². The Morgan fingerprint density at radius 2 is 1.52 bits per heavy atom. The van der Waals surface area contributed by atoms with Crippen LogP contribution in [0.15, 0.2) is 104 Å². The van der Waals surface area contributed by atoms with Gasteiger partial charge in [0.25, 0.3) is 5.91 Å². The molecular formula is C37H42N6O5. The summed E-state index contributed by atoms with van der Waals surface area (Å²) in [6.45, 7) is 4.15. The quantitative estimate of drug-likeness (QED) is 0.186. The van der Waals surface area contributed by atoms with Crippen LogP contribution in [0.5, 0.6) is 0 Å². The largest absolute Gasteiger partial charge is 0.374 e. The number of aromatic nitrogens is 2. The van der Waals surface area contributed by atoms with Crippen molar-refractivity contribution in [3.05, 3.63) is 120 Å². The van der Waals surface area contributed by atoms with Crippen molar-refractivity contribution in [2.75, 3.05) is 25.0 Å². The number of nitrogens with zero attached hydrogens (tertiary/aromatic N) is 3. The van der Waals surface area contributed by atoms with E-state index in [4.69, 9.17) is 10.5 Å². The first kappa shape index (κ1) is 34.2. The third-order valence-electron chi connectivity index (χ3n) is 8.34. The van der Waals surface area contributed by atoms with Crippen molar-refractivity contribution in [3.8, 4) is 0 Å². The first-order chi connectivity index (χ1) is 23.1. The minimum Gasteiger partial charge on any atom is -0.374 e. The molecule has 11 heteroatoms. The monoisotopic (exact) mass is 650 g/mol. The second-order valence-electron chi connectivity index (χ2n) is 12.6. The van der Waals surface area contributed by atoms with E-state index in [-0.39, 0.29) is 36.6 Å². The normalized spacial score (nSPS) is 14.9. The van der Waals surface area contributed by atoms with Crippen LogP contribution in [0.25, 0.3) is 0 Å². The van der Waals surface area contributed by atoms with Crippen molar-refractivity contribution >= 4 is 29.3 Å². The van der Waals surface area contributed by atoms with Gasteiger partial charge in [-0.2, -0.15) is 0 Å². The van der Waals surface area contributed by atoms with Gasteiger partial charge in [0.15, 0.2) is 11.6 Å². The van der Waals surface area contributed by atoms with Gasteiger partial charge in [0.1, 0.15) is 12.1 Å². The van der Waals surface area contributed by atoms with E-state index in [2.05, 4.69) is 15.6 Å². The number of nitrogens with one attached hydrogen (secondary N) is 2. The van der Waals surface area contributed by atoms with E-state index in [0.29, 0.717) is 31.5 Å². The molecule has 2 atom stereocenters. The fraction of sp³-hybridized carbons (Fsp3) is 0.324. The predicted molar refractivity (Wildman–Crippen MR) is 182 cm³/mol. The zero-order chi connectivity index (χ0) is 34.1. The second-order valence-corrected chi connectivity index (χ2v) is 12.6. The van der Waals surface area contributed by atoms with Crippen molar-refractivity contribution in [1.29, 1.82) is 0 Å². The fourth-order valence-corrected chi connectivity index (χ4v) is 5.60. The number of ketones is 1. The molecule has 0 bridgehead atoms. The van der Waals surface area contributed by atoms with Crippen LogP contribution in [0.3, 0.4) is 0 Å². The molecule has 1 aromatic heterocycles. The van der Waals surface area contributed by atoms with E-state index in [1.54, 1.807) is 29.5 Å².